The quantitative estimate of drug-likeness (QED) is 0.0893. The van der Waals surface area contributed by atoms with Gasteiger partial charge in [0.1, 0.15) is 23.0 Å². The maximum absolute atomic E-state index is 14.9. The Morgan fingerprint density at radius 3 is 1.81 bits per heavy atom. The number of ether oxygens (including phenoxy) is 7. The first-order valence-electron chi connectivity index (χ1n) is 14.4. The number of alkyl halides is 1. The summed E-state index contributed by atoms with van der Waals surface area (Å²) in [6.07, 6.45) is 9.04. The Bertz CT molecular complexity index is 2030. The molecule has 244 valence electrons. The van der Waals surface area contributed by atoms with E-state index in [0.717, 1.165) is 0 Å². The molecule has 1 atom stereocenters. The number of benzene rings is 3. The van der Waals surface area contributed by atoms with Gasteiger partial charge in [-0.25, -0.2) is 4.98 Å². The van der Waals surface area contributed by atoms with Gasteiger partial charge in [-0.15, -0.1) is 0 Å². The number of hydrogen-bond donors (Lipinski definition) is 0. The molecule has 4 aromatic rings. The van der Waals surface area contributed by atoms with Crippen molar-refractivity contribution >= 4 is 61.2 Å². The minimum absolute atomic E-state index is 0.00374. The van der Waals surface area contributed by atoms with Gasteiger partial charge in [-0.05, 0) is 36.1 Å². The Balaban J connectivity index is 1.93. The number of rotatable bonds is 11. The molecule has 1 heterocycles. The molecular formula is C36H34BrNO9. The van der Waals surface area contributed by atoms with Crippen LogP contribution in [0, 0.1) is 0 Å². The van der Waals surface area contributed by atoms with E-state index >= 15 is 0 Å². The minimum Gasteiger partial charge on any atom is -0.496 e. The second-order valence-corrected chi connectivity index (χ2v) is 11.5. The largest absolute Gasteiger partial charge is 0.496 e. The molecule has 0 saturated carbocycles. The van der Waals surface area contributed by atoms with Crippen molar-refractivity contribution in [3.63, 3.8) is 0 Å². The number of carbonyl (C=O) groups is 2. The molecule has 0 amide bonds. The molecule has 0 spiro atoms. The first kappa shape index (κ1) is 33.3. The van der Waals surface area contributed by atoms with Crippen LogP contribution < -0.4 is 33.2 Å². The van der Waals surface area contributed by atoms with E-state index in [1.165, 1.54) is 49.8 Å². The molecule has 0 radical (unpaired) electrons. The minimum atomic E-state index is -2.00. The van der Waals surface area contributed by atoms with Crippen LogP contribution in [0.2, 0.25) is 0 Å². The summed E-state index contributed by atoms with van der Waals surface area (Å²) in [7, 11) is 10.2. The number of hydrogen-bond acceptors (Lipinski definition) is 10. The summed E-state index contributed by atoms with van der Waals surface area (Å²) in [6, 6.07) is 5.28. The summed E-state index contributed by atoms with van der Waals surface area (Å²) < 4.78 is 38.6. The third-order valence-electron chi connectivity index (χ3n) is 8.12. The van der Waals surface area contributed by atoms with Crippen LogP contribution in [0.4, 0.5) is 0 Å². The van der Waals surface area contributed by atoms with Crippen molar-refractivity contribution in [2.75, 3.05) is 49.8 Å². The van der Waals surface area contributed by atoms with Gasteiger partial charge in [-0.1, -0.05) is 46.8 Å². The predicted molar refractivity (Wildman–Crippen MR) is 185 cm³/mol. The Morgan fingerprint density at radius 2 is 1.30 bits per heavy atom. The summed E-state index contributed by atoms with van der Waals surface area (Å²) in [5.41, 5.74) is 1.30. The second-order valence-electron chi connectivity index (χ2n) is 10.3. The number of ketones is 2. The third-order valence-corrected chi connectivity index (χ3v) is 9.24. The lowest BCUT2D eigenvalue weighted by Crippen LogP contribution is -2.33. The lowest BCUT2D eigenvalue weighted by Gasteiger charge is -2.26. The first-order valence-corrected chi connectivity index (χ1v) is 15.2. The standard InChI is InChI=1S/C36H34BrNO9/c1-10-12-13-14-20-16-19-15-18(11-2)28(32(46-8)23(19)35(38-20)47-9)36(37)33(39)26-27(34(36)40)31(45-7)25-24(30(26)44-6)21(41-3)17-22(42-4)29(25)43-5/h10-17H,2H2,1,3-9H3/b12-10+,14-13+. The molecule has 1 unspecified atom stereocenters. The van der Waals surface area contributed by atoms with E-state index in [4.69, 9.17) is 33.2 Å². The van der Waals surface area contributed by atoms with Gasteiger partial charge in [0.05, 0.1) is 82.7 Å². The highest BCUT2D eigenvalue weighted by atomic mass is 79.9. The van der Waals surface area contributed by atoms with Crippen LogP contribution in [-0.2, 0) is 4.32 Å². The molecule has 1 aliphatic carbocycles. The topological polar surface area (TPSA) is 112 Å². The van der Waals surface area contributed by atoms with E-state index in [9.17, 15) is 9.59 Å². The summed E-state index contributed by atoms with van der Waals surface area (Å²) in [5, 5.41) is 1.85. The average Bonchev–Trinajstić information content (AvgIpc) is 3.29. The van der Waals surface area contributed by atoms with Crippen molar-refractivity contribution in [2.45, 2.75) is 11.2 Å². The van der Waals surface area contributed by atoms with E-state index in [1.54, 1.807) is 12.1 Å². The van der Waals surface area contributed by atoms with Gasteiger partial charge in [-0.2, -0.15) is 0 Å². The average molecular weight is 705 g/mol. The number of carbonyl (C=O) groups excluding carboxylic acids is 2. The lowest BCUT2D eigenvalue weighted by molar-refractivity contribution is 0.0868. The number of pyridine rings is 1. The molecule has 0 saturated heterocycles. The van der Waals surface area contributed by atoms with Crippen LogP contribution in [0.25, 0.3) is 33.7 Å². The fourth-order valence-electron chi connectivity index (χ4n) is 6.18. The van der Waals surface area contributed by atoms with Gasteiger partial charge in [0.15, 0.2) is 27.4 Å². The molecule has 11 heteroatoms. The molecule has 0 bridgehead atoms. The normalized spacial score (nSPS) is 15.9. The van der Waals surface area contributed by atoms with E-state index in [2.05, 4.69) is 27.5 Å². The van der Waals surface area contributed by atoms with Crippen molar-refractivity contribution in [3.05, 3.63) is 71.0 Å². The van der Waals surface area contributed by atoms with Gasteiger partial charge in [0, 0.05) is 11.6 Å². The lowest BCUT2D eigenvalue weighted by atomic mass is 9.86. The highest BCUT2D eigenvalue weighted by Gasteiger charge is 2.58. The van der Waals surface area contributed by atoms with E-state index in [0.29, 0.717) is 44.3 Å². The number of aromatic nitrogens is 1. The van der Waals surface area contributed by atoms with E-state index < -0.39 is 15.9 Å². The van der Waals surface area contributed by atoms with Crippen molar-refractivity contribution in [1.29, 1.82) is 0 Å². The summed E-state index contributed by atoms with van der Waals surface area (Å²) in [5.74, 6) is 0.311. The zero-order chi connectivity index (χ0) is 34.2. The van der Waals surface area contributed by atoms with E-state index in [1.807, 2.05) is 43.4 Å². The summed E-state index contributed by atoms with van der Waals surface area (Å²) >= 11 is 3.63. The molecule has 0 N–H and O–H groups in total. The third kappa shape index (κ3) is 4.79. The zero-order valence-corrected chi connectivity index (χ0v) is 28.9. The molecule has 1 aromatic heterocycles. The monoisotopic (exact) mass is 703 g/mol. The maximum atomic E-state index is 14.9. The maximum Gasteiger partial charge on any atom is 0.225 e. The van der Waals surface area contributed by atoms with Crippen LogP contribution in [-0.4, -0.2) is 66.3 Å². The molecule has 1 aliphatic rings. The fourth-order valence-corrected chi connectivity index (χ4v) is 6.99. The van der Waals surface area contributed by atoms with Crippen LogP contribution in [0.3, 0.4) is 0 Å². The van der Waals surface area contributed by atoms with Gasteiger partial charge in [0.2, 0.25) is 5.88 Å². The van der Waals surface area contributed by atoms with E-state index in [-0.39, 0.29) is 45.6 Å². The van der Waals surface area contributed by atoms with Crippen molar-refractivity contribution in [1.82, 2.24) is 4.98 Å². The highest BCUT2D eigenvalue weighted by molar-refractivity contribution is 9.10. The second kappa shape index (κ2) is 13.0. The summed E-state index contributed by atoms with van der Waals surface area (Å²) in [6.45, 7) is 5.93. The Kier molecular flexibility index (Phi) is 9.22. The van der Waals surface area contributed by atoms with Gasteiger partial charge >= 0.3 is 0 Å². The first-order chi connectivity index (χ1) is 22.7. The molecule has 0 aliphatic heterocycles. The van der Waals surface area contributed by atoms with Crippen LogP contribution >= 0.6 is 15.9 Å². The molecule has 3 aromatic carbocycles. The molecular weight excluding hydrogens is 670 g/mol. The molecule has 47 heavy (non-hydrogen) atoms. The van der Waals surface area contributed by atoms with Crippen molar-refractivity contribution in [3.8, 4) is 40.4 Å². The van der Waals surface area contributed by atoms with Gasteiger partial charge in [-0.3, -0.25) is 9.59 Å². The summed E-state index contributed by atoms with van der Waals surface area (Å²) in [4.78, 5) is 34.4. The molecule has 0 fully saturated rings. The smallest absolute Gasteiger partial charge is 0.225 e. The number of methoxy groups -OCH3 is 7. The van der Waals surface area contributed by atoms with Gasteiger partial charge in [0.25, 0.3) is 0 Å². The Hall–Kier alpha value is -5.03. The number of Topliss-reactive ketones (excluding diaryl/α,β-unsaturated/α-hetero) is 2. The van der Waals surface area contributed by atoms with Gasteiger partial charge < -0.3 is 33.2 Å². The number of fused-ring (bicyclic) bond motifs is 3. The SMILES string of the molecule is C=Cc1cc2cc(/C=C/C=C/C)nc(OC)c2c(OC)c1C1(Br)C(=O)c2c(c(OC)c3c(OC)c(OC)cc(OC)c3c2OC)C1=O. The number of allylic oxidation sites excluding steroid dienone is 3. The molecule has 10 nitrogen and oxygen atoms in total. The highest BCUT2D eigenvalue weighted by Crippen LogP contribution is 2.60. The van der Waals surface area contributed by atoms with Crippen molar-refractivity contribution in [2.24, 2.45) is 0 Å². The van der Waals surface area contributed by atoms with Crippen LogP contribution in [0.1, 0.15) is 44.5 Å². The van der Waals surface area contributed by atoms with Crippen molar-refractivity contribution < 1.29 is 42.7 Å². The fraction of sp³-hybridized carbons (Fsp3) is 0.250. The number of halogens is 1. The Labute approximate surface area is 280 Å². The number of nitrogens with zero attached hydrogens (tertiary/aromatic N) is 1. The Morgan fingerprint density at radius 1 is 0.702 bits per heavy atom. The molecule has 5 rings (SSSR count). The predicted octanol–water partition coefficient (Wildman–Crippen LogP) is 7.35. The zero-order valence-electron chi connectivity index (χ0n) is 27.3. The van der Waals surface area contributed by atoms with Crippen LogP contribution in [0.5, 0.6) is 40.4 Å². The van der Waals surface area contributed by atoms with Crippen LogP contribution in [0.15, 0.2) is 43.0 Å².